The predicted molar refractivity (Wildman–Crippen MR) is 74.9 cm³/mol. The van der Waals surface area contributed by atoms with Gasteiger partial charge in [0.15, 0.2) is 0 Å². The van der Waals surface area contributed by atoms with E-state index in [9.17, 15) is 10.1 Å². The fourth-order valence-electron chi connectivity index (χ4n) is 2.35. The summed E-state index contributed by atoms with van der Waals surface area (Å²) in [7, 11) is 0. The Labute approximate surface area is 117 Å². The summed E-state index contributed by atoms with van der Waals surface area (Å²) in [5.41, 5.74) is 1.55. The lowest BCUT2D eigenvalue weighted by Gasteiger charge is -2.36. The minimum absolute atomic E-state index is 0.124. The van der Waals surface area contributed by atoms with Gasteiger partial charge in [-0.15, -0.1) is 11.6 Å². The van der Waals surface area contributed by atoms with Crippen molar-refractivity contribution in [3.8, 4) is 0 Å². The van der Waals surface area contributed by atoms with Crippen molar-refractivity contribution < 1.29 is 9.66 Å². The zero-order chi connectivity index (χ0) is 13.8. The monoisotopic (exact) mass is 284 g/mol. The van der Waals surface area contributed by atoms with Gasteiger partial charge in [0, 0.05) is 18.5 Å². The van der Waals surface area contributed by atoms with Gasteiger partial charge in [-0.1, -0.05) is 13.0 Å². The van der Waals surface area contributed by atoms with Crippen LogP contribution in [0, 0.1) is 10.1 Å². The Morgan fingerprint density at radius 1 is 1.58 bits per heavy atom. The number of alkyl halides is 1. The Morgan fingerprint density at radius 3 is 3.00 bits per heavy atom. The maximum atomic E-state index is 11.2. The second kappa shape index (κ2) is 6.21. The summed E-state index contributed by atoms with van der Waals surface area (Å²) in [6.07, 6.45) is 0.897. The number of ether oxygens (including phenoxy) is 1. The molecule has 1 aliphatic heterocycles. The quantitative estimate of drug-likeness (QED) is 0.484. The van der Waals surface area contributed by atoms with Crippen LogP contribution in [-0.2, 0) is 10.6 Å². The predicted octanol–water partition coefficient (Wildman–Crippen LogP) is 2.95. The van der Waals surface area contributed by atoms with Crippen molar-refractivity contribution in [1.82, 2.24) is 0 Å². The summed E-state index contributed by atoms with van der Waals surface area (Å²) >= 11 is 5.74. The van der Waals surface area contributed by atoms with E-state index in [1.807, 2.05) is 6.07 Å². The van der Waals surface area contributed by atoms with E-state index in [1.165, 1.54) is 0 Å². The van der Waals surface area contributed by atoms with Gasteiger partial charge in [0.05, 0.1) is 24.2 Å². The molecule has 1 fully saturated rings. The molecule has 0 spiro atoms. The molecular formula is C13H17ClN2O3. The fourth-order valence-corrected chi connectivity index (χ4v) is 2.52. The van der Waals surface area contributed by atoms with Gasteiger partial charge < -0.3 is 9.64 Å². The van der Waals surface area contributed by atoms with E-state index in [2.05, 4.69) is 11.8 Å². The molecule has 2 rings (SSSR count). The molecule has 0 saturated carbocycles. The first-order valence-corrected chi connectivity index (χ1v) is 6.88. The van der Waals surface area contributed by atoms with Crippen molar-refractivity contribution in [2.24, 2.45) is 0 Å². The summed E-state index contributed by atoms with van der Waals surface area (Å²) < 4.78 is 5.44. The molecule has 1 aromatic carbocycles. The normalized spacial score (nSPS) is 19.5. The maximum Gasteiger partial charge on any atom is 0.292 e. The van der Waals surface area contributed by atoms with E-state index in [4.69, 9.17) is 16.3 Å². The molecule has 104 valence electrons. The SMILES string of the molecule is CCC1COCCN1c1ccc(CCl)cc1[N+](=O)[O-]. The van der Waals surface area contributed by atoms with Crippen LogP contribution in [0.2, 0.25) is 0 Å². The number of anilines is 1. The summed E-state index contributed by atoms with van der Waals surface area (Å²) in [6.45, 7) is 3.96. The van der Waals surface area contributed by atoms with E-state index in [0.29, 0.717) is 25.4 Å². The highest BCUT2D eigenvalue weighted by Gasteiger charge is 2.27. The Hall–Kier alpha value is -1.33. The zero-order valence-corrected chi connectivity index (χ0v) is 11.6. The molecule has 5 nitrogen and oxygen atoms in total. The van der Waals surface area contributed by atoms with Crippen LogP contribution in [0.15, 0.2) is 18.2 Å². The van der Waals surface area contributed by atoms with Gasteiger partial charge in [0.1, 0.15) is 5.69 Å². The molecule has 1 atom stereocenters. The molecule has 0 N–H and O–H groups in total. The third-order valence-electron chi connectivity index (χ3n) is 3.40. The smallest absolute Gasteiger partial charge is 0.292 e. The molecule has 1 heterocycles. The molecule has 6 heteroatoms. The minimum Gasteiger partial charge on any atom is -0.377 e. The van der Waals surface area contributed by atoms with E-state index >= 15 is 0 Å². The molecule has 0 aromatic heterocycles. The van der Waals surface area contributed by atoms with Crippen LogP contribution >= 0.6 is 11.6 Å². The Bertz CT molecular complexity index is 467. The highest BCUT2D eigenvalue weighted by Crippen LogP contribution is 2.32. The molecular weight excluding hydrogens is 268 g/mol. The van der Waals surface area contributed by atoms with Crippen LogP contribution in [0.5, 0.6) is 0 Å². The van der Waals surface area contributed by atoms with Crippen LogP contribution in [0.3, 0.4) is 0 Å². The molecule has 0 radical (unpaired) electrons. The van der Waals surface area contributed by atoms with E-state index in [0.717, 1.165) is 12.0 Å². The van der Waals surface area contributed by atoms with Crippen LogP contribution in [0.4, 0.5) is 11.4 Å². The van der Waals surface area contributed by atoms with Crippen LogP contribution in [0.1, 0.15) is 18.9 Å². The Morgan fingerprint density at radius 2 is 2.37 bits per heavy atom. The number of hydrogen-bond donors (Lipinski definition) is 0. The Kier molecular flexibility index (Phi) is 4.61. The molecule has 19 heavy (non-hydrogen) atoms. The highest BCUT2D eigenvalue weighted by molar-refractivity contribution is 6.17. The lowest BCUT2D eigenvalue weighted by Crippen LogP contribution is -2.45. The van der Waals surface area contributed by atoms with Gasteiger partial charge >= 0.3 is 0 Å². The van der Waals surface area contributed by atoms with Crippen molar-refractivity contribution in [3.63, 3.8) is 0 Å². The first-order chi connectivity index (χ1) is 9.17. The summed E-state index contributed by atoms with van der Waals surface area (Å²) in [4.78, 5) is 13.0. The largest absolute Gasteiger partial charge is 0.377 e. The van der Waals surface area contributed by atoms with Crippen LogP contribution < -0.4 is 4.90 Å². The van der Waals surface area contributed by atoms with Crippen LogP contribution in [-0.4, -0.2) is 30.7 Å². The van der Waals surface area contributed by atoms with E-state index in [-0.39, 0.29) is 22.5 Å². The first kappa shape index (κ1) is 14.1. The van der Waals surface area contributed by atoms with Gasteiger partial charge in [0.25, 0.3) is 5.69 Å². The van der Waals surface area contributed by atoms with Gasteiger partial charge in [-0.3, -0.25) is 10.1 Å². The molecule has 1 aromatic rings. The number of nitro groups is 1. The number of hydrogen-bond acceptors (Lipinski definition) is 4. The summed E-state index contributed by atoms with van der Waals surface area (Å²) in [5, 5.41) is 11.2. The topological polar surface area (TPSA) is 55.6 Å². The van der Waals surface area contributed by atoms with Gasteiger partial charge in [0.2, 0.25) is 0 Å². The summed E-state index contributed by atoms with van der Waals surface area (Å²) in [6, 6.07) is 5.39. The number of nitrogens with zero attached hydrogens (tertiary/aromatic N) is 2. The average molecular weight is 285 g/mol. The molecule has 0 aliphatic carbocycles. The molecule has 1 saturated heterocycles. The average Bonchev–Trinajstić information content (AvgIpc) is 2.46. The van der Waals surface area contributed by atoms with Crippen molar-refractivity contribution in [1.29, 1.82) is 0 Å². The van der Waals surface area contributed by atoms with Gasteiger partial charge in [-0.05, 0) is 18.1 Å². The second-order valence-electron chi connectivity index (χ2n) is 4.54. The number of halogens is 1. The maximum absolute atomic E-state index is 11.2. The Balaban J connectivity index is 2.39. The van der Waals surface area contributed by atoms with E-state index in [1.54, 1.807) is 12.1 Å². The first-order valence-electron chi connectivity index (χ1n) is 6.35. The number of nitro benzene ring substituents is 1. The lowest BCUT2D eigenvalue weighted by molar-refractivity contribution is -0.384. The van der Waals surface area contributed by atoms with Crippen molar-refractivity contribution >= 4 is 23.0 Å². The van der Waals surface area contributed by atoms with Gasteiger partial charge in [-0.2, -0.15) is 0 Å². The summed E-state index contributed by atoms with van der Waals surface area (Å²) in [5.74, 6) is 0.279. The highest BCUT2D eigenvalue weighted by atomic mass is 35.5. The lowest BCUT2D eigenvalue weighted by atomic mass is 10.1. The molecule has 1 aliphatic rings. The third-order valence-corrected chi connectivity index (χ3v) is 3.71. The number of rotatable bonds is 4. The van der Waals surface area contributed by atoms with Crippen molar-refractivity contribution in [2.75, 3.05) is 24.7 Å². The van der Waals surface area contributed by atoms with Crippen molar-refractivity contribution in [2.45, 2.75) is 25.3 Å². The molecule has 0 amide bonds. The standard InChI is InChI=1S/C13H17ClN2O3/c1-2-11-9-19-6-5-15(11)12-4-3-10(8-14)7-13(12)16(17)18/h3-4,7,11H,2,5-6,8-9H2,1H3. The third kappa shape index (κ3) is 2.98. The molecule has 1 unspecified atom stereocenters. The zero-order valence-electron chi connectivity index (χ0n) is 10.8. The van der Waals surface area contributed by atoms with Crippen LogP contribution in [0.25, 0.3) is 0 Å². The number of morpholine rings is 1. The fraction of sp³-hybridized carbons (Fsp3) is 0.538. The van der Waals surface area contributed by atoms with E-state index < -0.39 is 0 Å². The molecule has 0 bridgehead atoms. The minimum atomic E-state index is -0.340. The van der Waals surface area contributed by atoms with Gasteiger partial charge in [-0.25, -0.2) is 0 Å². The van der Waals surface area contributed by atoms with Crippen molar-refractivity contribution in [3.05, 3.63) is 33.9 Å². The number of benzene rings is 1. The second-order valence-corrected chi connectivity index (χ2v) is 4.81.